The Morgan fingerprint density at radius 3 is 2.73 bits per heavy atom. The summed E-state index contributed by atoms with van der Waals surface area (Å²) < 4.78 is 36.1. The van der Waals surface area contributed by atoms with Gasteiger partial charge in [-0.1, -0.05) is 17.7 Å². The van der Waals surface area contributed by atoms with Crippen LogP contribution in [0.15, 0.2) is 30.5 Å². The minimum atomic E-state index is -2.98. The van der Waals surface area contributed by atoms with Crippen LogP contribution in [0.25, 0.3) is 0 Å². The van der Waals surface area contributed by atoms with Crippen molar-refractivity contribution in [2.75, 3.05) is 13.2 Å². The van der Waals surface area contributed by atoms with Gasteiger partial charge < -0.3 is 14.4 Å². The van der Waals surface area contributed by atoms with E-state index < -0.39 is 18.5 Å². The summed E-state index contributed by atoms with van der Waals surface area (Å²) in [5.74, 6) is -3.66. The van der Waals surface area contributed by atoms with Crippen molar-refractivity contribution in [3.05, 3.63) is 57.9 Å². The van der Waals surface area contributed by atoms with Crippen LogP contribution in [0.2, 0.25) is 5.02 Å². The smallest absolute Gasteiger partial charge is 0.357 e. The van der Waals surface area contributed by atoms with Crippen molar-refractivity contribution in [1.29, 1.82) is 0 Å². The van der Waals surface area contributed by atoms with E-state index in [4.69, 9.17) is 21.1 Å². The number of carbonyl (C=O) groups is 2. The Labute approximate surface area is 177 Å². The molecule has 0 spiro atoms. The van der Waals surface area contributed by atoms with E-state index in [9.17, 15) is 18.4 Å². The molecule has 1 amide bonds. The third kappa shape index (κ3) is 4.53. The zero-order chi connectivity index (χ0) is 22.1. The Hall–Kier alpha value is -2.74. The highest BCUT2D eigenvalue weighted by Gasteiger charge is 2.35. The molecule has 2 aromatic rings. The minimum absolute atomic E-state index is 0.125. The molecular weight excluding hydrogens is 418 g/mol. The van der Waals surface area contributed by atoms with E-state index in [1.807, 2.05) is 6.92 Å². The predicted molar refractivity (Wildman–Crippen MR) is 106 cm³/mol. The number of hydrogen-bond acceptors (Lipinski definition) is 5. The summed E-state index contributed by atoms with van der Waals surface area (Å²) in [6, 6.07) is 5.93. The molecule has 160 valence electrons. The number of halogens is 3. The lowest BCUT2D eigenvalue weighted by molar-refractivity contribution is -0.0229. The Bertz CT molecular complexity index is 978. The highest BCUT2D eigenvalue weighted by molar-refractivity contribution is 6.32. The summed E-state index contributed by atoms with van der Waals surface area (Å²) in [7, 11) is 0. The van der Waals surface area contributed by atoms with Crippen molar-refractivity contribution in [2.24, 2.45) is 0 Å². The Morgan fingerprint density at radius 2 is 2.10 bits per heavy atom. The third-order valence-electron chi connectivity index (χ3n) is 4.73. The number of alkyl halides is 2. The van der Waals surface area contributed by atoms with E-state index in [1.165, 1.54) is 12.3 Å². The molecule has 9 heteroatoms. The summed E-state index contributed by atoms with van der Waals surface area (Å²) in [6.07, 6.45) is 1.41. The largest absolute Gasteiger partial charge is 0.486 e. The molecule has 2 heterocycles. The van der Waals surface area contributed by atoms with Crippen LogP contribution in [-0.2, 0) is 11.3 Å². The van der Waals surface area contributed by atoms with Crippen molar-refractivity contribution in [2.45, 2.75) is 39.3 Å². The summed E-state index contributed by atoms with van der Waals surface area (Å²) in [5, 5.41) is 0.168. The lowest BCUT2D eigenvalue weighted by Gasteiger charge is -2.25. The number of rotatable bonds is 7. The van der Waals surface area contributed by atoms with Gasteiger partial charge in [-0.3, -0.25) is 4.79 Å². The predicted octanol–water partition coefficient (Wildman–Crippen LogP) is 4.66. The first-order valence-corrected chi connectivity index (χ1v) is 9.76. The number of esters is 1. The van der Waals surface area contributed by atoms with Crippen LogP contribution in [-0.4, -0.2) is 40.9 Å². The van der Waals surface area contributed by atoms with Crippen LogP contribution in [0.1, 0.15) is 58.8 Å². The van der Waals surface area contributed by atoms with E-state index in [2.05, 4.69) is 4.98 Å². The quantitative estimate of drug-likeness (QED) is 0.588. The van der Waals surface area contributed by atoms with Gasteiger partial charge in [0.2, 0.25) is 0 Å². The monoisotopic (exact) mass is 438 g/mol. The molecule has 1 atom stereocenters. The maximum Gasteiger partial charge on any atom is 0.357 e. The molecular formula is C21H21ClF2N2O4. The lowest BCUT2D eigenvalue weighted by atomic mass is 10.1. The summed E-state index contributed by atoms with van der Waals surface area (Å²) in [6.45, 7) is 3.87. The molecule has 1 aliphatic heterocycles. The highest BCUT2D eigenvalue weighted by Crippen LogP contribution is 2.35. The topological polar surface area (TPSA) is 68.7 Å². The van der Waals surface area contributed by atoms with E-state index in [1.54, 1.807) is 30.0 Å². The number of ether oxygens (including phenoxy) is 2. The minimum Gasteiger partial charge on any atom is -0.486 e. The Kier molecular flexibility index (Phi) is 6.26. The summed E-state index contributed by atoms with van der Waals surface area (Å²) in [5.41, 5.74) is 1.74. The van der Waals surface area contributed by atoms with Gasteiger partial charge in [0, 0.05) is 30.8 Å². The maximum atomic E-state index is 13.0. The number of hydrogen-bond donors (Lipinski definition) is 0. The molecule has 0 N–H and O–H groups in total. The fourth-order valence-corrected chi connectivity index (χ4v) is 3.46. The second-order valence-electron chi connectivity index (χ2n) is 7.06. The fourth-order valence-electron chi connectivity index (χ4n) is 3.22. The average molecular weight is 439 g/mol. The first kappa shape index (κ1) is 22.0. The molecule has 3 rings (SSSR count). The number of amides is 1. The first-order chi connectivity index (χ1) is 14.1. The van der Waals surface area contributed by atoms with Crippen LogP contribution in [0.3, 0.4) is 0 Å². The molecule has 30 heavy (non-hydrogen) atoms. The standard InChI is InChI=1S/C21H21ClF2N2O4/c1-4-29-20(28)18-15-10-26(19(27)14(15)7-8-25-18)12(2)13-5-6-17(16(22)9-13)30-11-21(3,23)24/h5-9,12H,4,10-11H2,1-3H3. The van der Waals surface area contributed by atoms with Crippen molar-refractivity contribution in [3.8, 4) is 5.75 Å². The van der Waals surface area contributed by atoms with E-state index in [-0.39, 0.29) is 41.6 Å². The molecule has 1 unspecified atom stereocenters. The van der Waals surface area contributed by atoms with Gasteiger partial charge in [-0.25, -0.2) is 18.6 Å². The summed E-state index contributed by atoms with van der Waals surface area (Å²) in [4.78, 5) is 30.8. The molecule has 0 fully saturated rings. The van der Waals surface area contributed by atoms with Gasteiger partial charge in [0.15, 0.2) is 12.3 Å². The van der Waals surface area contributed by atoms with Crippen LogP contribution in [0.5, 0.6) is 5.75 Å². The van der Waals surface area contributed by atoms with Crippen molar-refractivity contribution in [1.82, 2.24) is 9.88 Å². The SMILES string of the molecule is CCOC(=O)c1nccc2c1CN(C(C)c1ccc(OCC(C)(F)F)c(Cl)c1)C2=O. The average Bonchev–Trinajstić information content (AvgIpc) is 3.02. The van der Waals surface area contributed by atoms with E-state index in [0.717, 1.165) is 6.92 Å². The molecule has 0 saturated heterocycles. The van der Waals surface area contributed by atoms with Crippen molar-refractivity contribution < 1.29 is 27.8 Å². The van der Waals surface area contributed by atoms with Crippen LogP contribution < -0.4 is 4.74 Å². The number of nitrogens with zero attached hydrogens (tertiary/aromatic N) is 2. The Morgan fingerprint density at radius 1 is 1.37 bits per heavy atom. The number of aromatic nitrogens is 1. The molecule has 6 nitrogen and oxygen atoms in total. The summed E-state index contributed by atoms with van der Waals surface area (Å²) >= 11 is 6.19. The molecule has 0 bridgehead atoms. The molecule has 0 aliphatic carbocycles. The van der Waals surface area contributed by atoms with Crippen LogP contribution in [0, 0.1) is 0 Å². The van der Waals surface area contributed by atoms with Gasteiger partial charge >= 0.3 is 5.97 Å². The van der Waals surface area contributed by atoms with Crippen LogP contribution in [0.4, 0.5) is 8.78 Å². The number of benzene rings is 1. The number of fused-ring (bicyclic) bond motifs is 1. The molecule has 1 aromatic heterocycles. The third-order valence-corrected chi connectivity index (χ3v) is 5.03. The Balaban J connectivity index is 1.81. The van der Waals surface area contributed by atoms with E-state index in [0.29, 0.717) is 16.7 Å². The molecule has 0 saturated carbocycles. The normalized spacial score (nSPS) is 14.5. The number of carbonyl (C=O) groups excluding carboxylic acids is 2. The zero-order valence-electron chi connectivity index (χ0n) is 16.7. The van der Waals surface area contributed by atoms with Crippen molar-refractivity contribution >= 4 is 23.5 Å². The van der Waals surface area contributed by atoms with Gasteiger partial charge in [0.25, 0.3) is 11.8 Å². The zero-order valence-corrected chi connectivity index (χ0v) is 17.5. The molecule has 0 radical (unpaired) electrons. The number of pyridine rings is 1. The fraction of sp³-hybridized carbons (Fsp3) is 0.381. The molecule has 1 aromatic carbocycles. The first-order valence-electron chi connectivity index (χ1n) is 9.38. The van der Waals surface area contributed by atoms with Crippen molar-refractivity contribution in [3.63, 3.8) is 0 Å². The second-order valence-corrected chi connectivity index (χ2v) is 7.47. The lowest BCUT2D eigenvalue weighted by Crippen LogP contribution is -2.27. The maximum absolute atomic E-state index is 13.0. The van der Waals surface area contributed by atoms with Gasteiger partial charge in [0.05, 0.1) is 17.7 Å². The van der Waals surface area contributed by atoms with Crippen LogP contribution >= 0.6 is 11.6 Å². The highest BCUT2D eigenvalue weighted by atomic mass is 35.5. The van der Waals surface area contributed by atoms with Gasteiger partial charge in [-0.05, 0) is 37.6 Å². The van der Waals surface area contributed by atoms with E-state index >= 15 is 0 Å². The van der Waals surface area contributed by atoms with Gasteiger partial charge in [-0.15, -0.1) is 0 Å². The molecule has 1 aliphatic rings. The van der Waals surface area contributed by atoms with Gasteiger partial charge in [-0.2, -0.15) is 0 Å². The van der Waals surface area contributed by atoms with Gasteiger partial charge in [0.1, 0.15) is 5.75 Å². The second kappa shape index (κ2) is 8.55.